The van der Waals surface area contributed by atoms with Gasteiger partial charge < -0.3 is 16.4 Å². The second-order valence-electron chi connectivity index (χ2n) is 5.92. The molecule has 0 saturated heterocycles. The third kappa shape index (κ3) is 16.6. The lowest BCUT2D eigenvalue weighted by Gasteiger charge is -2.06. The van der Waals surface area contributed by atoms with Crippen LogP contribution in [-0.2, 0) is 14.4 Å². The summed E-state index contributed by atoms with van der Waals surface area (Å²) in [5.41, 5.74) is 4.96. The zero-order valence-electron chi connectivity index (χ0n) is 14.5. The highest BCUT2D eigenvalue weighted by Gasteiger charge is 2.05. The van der Waals surface area contributed by atoms with Gasteiger partial charge in [-0.05, 0) is 6.42 Å². The molecule has 4 N–H and O–H groups in total. The first kappa shape index (κ1) is 21.4. The van der Waals surface area contributed by atoms with Crippen molar-refractivity contribution in [2.75, 3.05) is 13.1 Å². The van der Waals surface area contributed by atoms with Crippen molar-refractivity contribution in [3.8, 4) is 0 Å². The van der Waals surface area contributed by atoms with Gasteiger partial charge in [-0.25, -0.2) is 0 Å². The summed E-state index contributed by atoms with van der Waals surface area (Å²) in [7, 11) is 0. The third-order valence-corrected chi connectivity index (χ3v) is 3.65. The van der Waals surface area contributed by atoms with Crippen LogP contribution in [0.25, 0.3) is 0 Å². The minimum Gasteiger partial charge on any atom is -0.370 e. The topological polar surface area (TPSA) is 101 Å². The van der Waals surface area contributed by atoms with Crippen LogP contribution in [0.5, 0.6) is 0 Å². The molecular formula is C17H33N3O3. The Hall–Kier alpha value is -1.59. The average Bonchev–Trinajstić information content (AvgIpc) is 2.51. The molecule has 0 aliphatic heterocycles. The second-order valence-corrected chi connectivity index (χ2v) is 5.92. The molecule has 6 nitrogen and oxygen atoms in total. The zero-order valence-corrected chi connectivity index (χ0v) is 14.5. The van der Waals surface area contributed by atoms with E-state index in [0.29, 0.717) is 6.42 Å². The van der Waals surface area contributed by atoms with Gasteiger partial charge in [0.2, 0.25) is 17.7 Å². The van der Waals surface area contributed by atoms with E-state index < -0.39 is 5.91 Å². The Kier molecular flexibility index (Phi) is 14.3. The fourth-order valence-corrected chi connectivity index (χ4v) is 2.25. The van der Waals surface area contributed by atoms with Gasteiger partial charge in [-0.3, -0.25) is 14.4 Å². The Balaban J connectivity index is 3.36. The molecule has 0 aliphatic rings. The molecule has 0 radical (unpaired) electrons. The van der Waals surface area contributed by atoms with Gasteiger partial charge in [-0.15, -0.1) is 0 Å². The fourth-order valence-electron chi connectivity index (χ4n) is 2.25. The summed E-state index contributed by atoms with van der Waals surface area (Å²) in [6, 6.07) is 0. The van der Waals surface area contributed by atoms with Crippen molar-refractivity contribution in [1.82, 2.24) is 10.6 Å². The first-order valence-electron chi connectivity index (χ1n) is 8.88. The van der Waals surface area contributed by atoms with E-state index in [9.17, 15) is 14.4 Å². The largest absolute Gasteiger partial charge is 0.370 e. The van der Waals surface area contributed by atoms with Crippen molar-refractivity contribution in [2.45, 2.75) is 77.6 Å². The highest BCUT2D eigenvalue weighted by atomic mass is 16.2. The van der Waals surface area contributed by atoms with Crippen LogP contribution in [0.1, 0.15) is 77.6 Å². The Morgan fingerprint density at radius 1 is 0.739 bits per heavy atom. The lowest BCUT2D eigenvalue weighted by atomic mass is 10.1. The van der Waals surface area contributed by atoms with Crippen molar-refractivity contribution in [3.05, 3.63) is 0 Å². The molecule has 0 rings (SSSR count). The number of rotatable bonds is 15. The minimum absolute atomic E-state index is 0.0466. The maximum atomic E-state index is 11.6. The number of nitrogens with two attached hydrogens (primary N) is 1. The Morgan fingerprint density at radius 3 is 1.87 bits per heavy atom. The maximum Gasteiger partial charge on any atom is 0.239 e. The number of carbonyl (C=O) groups is 3. The molecule has 0 saturated carbocycles. The third-order valence-electron chi connectivity index (χ3n) is 3.65. The first-order chi connectivity index (χ1) is 11.1. The molecule has 0 aromatic carbocycles. The molecule has 0 atom stereocenters. The Labute approximate surface area is 140 Å². The smallest absolute Gasteiger partial charge is 0.239 e. The van der Waals surface area contributed by atoms with Crippen LogP contribution in [0.3, 0.4) is 0 Å². The van der Waals surface area contributed by atoms with E-state index in [1.54, 1.807) is 0 Å². The summed E-state index contributed by atoms with van der Waals surface area (Å²) < 4.78 is 0. The van der Waals surface area contributed by atoms with Crippen LogP contribution < -0.4 is 16.4 Å². The average molecular weight is 327 g/mol. The van der Waals surface area contributed by atoms with Gasteiger partial charge in [0.15, 0.2) is 0 Å². The SMILES string of the molecule is CCCCCCCCCCCC(=O)NCC(=O)NCCC(N)=O. The Bertz CT molecular complexity index is 346. The lowest BCUT2D eigenvalue weighted by molar-refractivity contribution is -0.126. The summed E-state index contributed by atoms with van der Waals surface area (Å²) >= 11 is 0. The van der Waals surface area contributed by atoms with Crippen LogP contribution in [0.4, 0.5) is 0 Å². The van der Waals surface area contributed by atoms with Gasteiger partial charge in [0.25, 0.3) is 0 Å². The summed E-state index contributed by atoms with van der Waals surface area (Å²) in [6.45, 7) is 2.38. The van der Waals surface area contributed by atoms with Crippen LogP contribution in [0.15, 0.2) is 0 Å². The summed E-state index contributed by atoms with van der Waals surface area (Å²) in [6.07, 6.45) is 11.5. The van der Waals surface area contributed by atoms with E-state index in [1.165, 1.54) is 44.9 Å². The van der Waals surface area contributed by atoms with Gasteiger partial charge in [0.05, 0.1) is 6.54 Å². The van der Waals surface area contributed by atoms with E-state index in [4.69, 9.17) is 5.73 Å². The van der Waals surface area contributed by atoms with E-state index >= 15 is 0 Å². The molecule has 0 aromatic heterocycles. The number of hydrogen-bond donors (Lipinski definition) is 3. The predicted molar refractivity (Wildman–Crippen MR) is 91.7 cm³/mol. The van der Waals surface area contributed by atoms with Crippen LogP contribution in [0, 0.1) is 0 Å². The highest BCUT2D eigenvalue weighted by molar-refractivity contribution is 5.84. The molecule has 0 fully saturated rings. The normalized spacial score (nSPS) is 10.3. The van der Waals surface area contributed by atoms with Gasteiger partial charge in [-0.1, -0.05) is 58.3 Å². The quantitative estimate of drug-likeness (QED) is 0.401. The van der Waals surface area contributed by atoms with Gasteiger partial charge in [-0.2, -0.15) is 0 Å². The predicted octanol–water partition coefficient (Wildman–Crippen LogP) is 2.02. The van der Waals surface area contributed by atoms with Crippen LogP contribution in [0.2, 0.25) is 0 Å². The molecule has 0 heterocycles. The van der Waals surface area contributed by atoms with Crippen molar-refractivity contribution in [1.29, 1.82) is 0 Å². The number of unbranched alkanes of at least 4 members (excludes halogenated alkanes) is 8. The molecule has 134 valence electrons. The summed E-state index contributed by atoms with van der Waals surface area (Å²) in [5.74, 6) is -0.857. The van der Waals surface area contributed by atoms with Gasteiger partial charge in [0, 0.05) is 19.4 Å². The van der Waals surface area contributed by atoms with Crippen molar-refractivity contribution >= 4 is 17.7 Å². The van der Waals surface area contributed by atoms with E-state index in [-0.39, 0.29) is 31.3 Å². The summed E-state index contributed by atoms with van der Waals surface area (Å²) in [4.78, 5) is 33.5. The standard InChI is InChI=1S/C17H33N3O3/c1-2-3-4-5-6-7-8-9-10-11-16(22)20-14-17(23)19-13-12-15(18)21/h2-14H2,1H3,(H2,18,21)(H,19,23)(H,20,22). The molecule has 6 heteroatoms. The lowest BCUT2D eigenvalue weighted by Crippen LogP contribution is -2.38. The van der Waals surface area contributed by atoms with Crippen LogP contribution in [-0.4, -0.2) is 30.8 Å². The van der Waals surface area contributed by atoms with Crippen molar-refractivity contribution in [3.63, 3.8) is 0 Å². The number of primary amides is 1. The number of nitrogens with one attached hydrogen (secondary N) is 2. The maximum absolute atomic E-state index is 11.6. The molecule has 0 aromatic rings. The second kappa shape index (κ2) is 15.3. The first-order valence-corrected chi connectivity index (χ1v) is 8.88. The molecule has 23 heavy (non-hydrogen) atoms. The summed E-state index contributed by atoms with van der Waals surface area (Å²) in [5, 5.41) is 5.10. The molecule has 0 bridgehead atoms. The highest BCUT2D eigenvalue weighted by Crippen LogP contribution is 2.10. The molecule has 0 unspecified atom stereocenters. The van der Waals surface area contributed by atoms with E-state index in [1.807, 2.05) is 0 Å². The minimum atomic E-state index is -0.459. The van der Waals surface area contributed by atoms with Crippen LogP contribution >= 0.6 is 0 Å². The molecular weight excluding hydrogens is 294 g/mol. The number of amides is 3. The monoisotopic (exact) mass is 327 g/mol. The number of carbonyl (C=O) groups excluding carboxylic acids is 3. The van der Waals surface area contributed by atoms with Crippen molar-refractivity contribution in [2.24, 2.45) is 5.73 Å². The molecule has 3 amide bonds. The zero-order chi connectivity index (χ0) is 17.3. The van der Waals surface area contributed by atoms with Gasteiger partial charge in [0.1, 0.15) is 0 Å². The number of hydrogen-bond acceptors (Lipinski definition) is 3. The molecule has 0 spiro atoms. The van der Waals surface area contributed by atoms with E-state index in [2.05, 4.69) is 17.6 Å². The molecule has 0 aliphatic carbocycles. The fraction of sp³-hybridized carbons (Fsp3) is 0.824. The van der Waals surface area contributed by atoms with Gasteiger partial charge >= 0.3 is 0 Å². The Morgan fingerprint density at radius 2 is 1.30 bits per heavy atom. The van der Waals surface area contributed by atoms with E-state index in [0.717, 1.165) is 12.8 Å². The van der Waals surface area contributed by atoms with Crippen molar-refractivity contribution < 1.29 is 14.4 Å².